The van der Waals surface area contributed by atoms with Gasteiger partial charge in [-0.05, 0) is 18.9 Å². The molecule has 1 heterocycles. The fourth-order valence-corrected chi connectivity index (χ4v) is 1.51. The minimum atomic E-state index is 0.113. The number of aromatic nitrogens is 2. The van der Waals surface area contributed by atoms with Crippen molar-refractivity contribution in [2.24, 2.45) is 5.92 Å². The van der Waals surface area contributed by atoms with Crippen LogP contribution in [0.4, 0.5) is 0 Å². The summed E-state index contributed by atoms with van der Waals surface area (Å²) in [6.07, 6.45) is 4.57. The Morgan fingerprint density at radius 1 is 1.44 bits per heavy atom. The lowest BCUT2D eigenvalue weighted by Crippen LogP contribution is -2.21. The van der Waals surface area contributed by atoms with Gasteiger partial charge in [0.25, 0.3) is 0 Å². The second kappa shape index (κ2) is 7.38. The fourth-order valence-electron chi connectivity index (χ4n) is 1.51. The first-order valence-electron chi connectivity index (χ1n) is 5.70. The molecule has 0 aliphatic carbocycles. The second-order valence-electron chi connectivity index (χ2n) is 4.08. The Kier molecular flexibility index (Phi) is 6.07. The zero-order valence-electron chi connectivity index (χ0n) is 9.76. The quantitative estimate of drug-likeness (QED) is 0.584. The molecule has 0 saturated carbocycles. The summed E-state index contributed by atoms with van der Waals surface area (Å²) in [6.45, 7) is 4.69. The smallest absolute Gasteiger partial charge is 0.0640 e. The molecule has 5 nitrogen and oxygen atoms in total. The molecule has 0 spiro atoms. The summed E-state index contributed by atoms with van der Waals surface area (Å²) in [5.74, 6) is 0.484. The van der Waals surface area contributed by atoms with Crippen LogP contribution >= 0.6 is 0 Å². The Bertz CT molecular complexity index is 289. The first-order chi connectivity index (χ1) is 7.76. The Labute approximate surface area is 96.1 Å². The molecule has 0 amide bonds. The van der Waals surface area contributed by atoms with E-state index in [1.807, 2.05) is 6.20 Å². The van der Waals surface area contributed by atoms with E-state index in [1.54, 1.807) is 10.9 Å². The van der Waals surface area contributed by atoms with Crippen molar-refractivity contribution in [3.63, 3.8) is 0 Å². The number of nitrogens with zero attached hydrogens (tertiary/aromatic N) is 2. The van der Waals surface area contributed by atoms with Gasteiger partial charge in [-0.15, -0.1) is 0 Å². The molecule has 16 heavy (non-hydrogen) atoms. The highest BCUT2D eigenvalue weighted by Gasteiger charge is 2.01. The van der Waals surface area contributed by atoms with Gasteiger partial charge in [0.05, 0.1) is 19.3 Å². The minimum absolute atomic E-state index is 0.113. The van der Waals surface area contributed by atoms with E-state index in [1.165, 1.54) is 0 Å². The number of hydrogen-bond acceptors (Lipinski definition) is 4. The first kappa shape index (κ1) is 13.2. The summed E-state index contributed by atoms with van der Waals surface area (Å²) in [6, 6.07) is 0. The summed E-state index contributed by atoms with van der Waals surface area (Å²) < 4.78 is 1.73. The van der Waals surface area contributed by atoms with Crippen LogP contribution in [0.3, 0.4) is 0 Å². The molecule has 1 aromatic heterocycles. The third-order valence-corrected chi connectivity index (χ3v) is 2.46. The summed E-state index contributed by atoms with van der Waals surface area (Å²) >= 11 is 0. The molecule has 92 valence electrons. The summed E-state index contributed by atoms with van der Waals surface area (Å²) in [7, 11) is 0. The van der Waals surface area contributed by atoms with E-state index in [2.05, 4.69) is 17.3 Å². The number of aliphatic hydroxyl groups is 2. The summed E-state index contributed by atoms with van der Waals surface area (Å²) in [4.78, 5) is 0. The predicted octanol–water partition coefficient (Wildman–Crippen LogP) is -0.0165. The molecule has 0 aliphatic rings. The monoisotopic (exact) mass is 227 g/mol. The maximum absolute atomic E-state index is 8.75. The molecule has 0 bridgehead atoms. The number of aliphatic hydroxyl groups excluding tert-OH is 2. The second-order valence-corrected chi connectivity index (χ2v) is 4.08. The molecule has 1 unspecified atom stereocenters. The molecule has 0 saturated heterocycles. The van der Waals surface area contributed by atoms with Crippen molar-refractivity contribution in [3.05, 3.63) is 18.0 Å². The molecule has 3 N–H and O–H groups in total. The van der Waals surface area contributed by atoms with Gasteiger partial charge in [0.15, 0.2) is 0 Å². The van der Waals surface area contributed by atoms with Gasteiger partial charge in [0, 0.05) is 24.9 Å². The van der Waals surface area contributed by atoms with Crippen LogP contribution in [0.2, 0.25) is 0 Å². The normalized spacial score (nSPS) is 12.9. The van der Waals surface area contributed by atoms with Gasteiger partial charge in [-0.2, -0.15) is 5.10 Å². The van der Waals surface area contributed by atoms with E-state index in [4.69, 9.17) is 10.2 Å². The van der Waals surface area contributed by atoms with Crippen molar-refractivity contribution in [2.45, 2.75) is 26.4 Å². The highest BCUT2D eigenvalue weighted by molar-refractivity contribution is 5.03. The standard InChI is InChI=1S/C11H21N3O2/c1-10(2-4-15)6-12-7-11-8-13-14(9-11)3-5-16/h8-10,12,15-16H,2-7H2,1H3. The van der Waals surface area contributed by atoms with Crippen LogP contribution in [0.25, 0.3) is 0 Å². The molecule has 1 aromatic rings. The van der Waals surface area contributed by atoms with Crippen LogP contribution in [0.15, 0.2) is 12.4 Å². The maximum atomic E-state index is 8.75. The van der Waals surface area contributed by atoms with Crippen molar-refractivity contribution >= 4 is 0 Å². The van der Waals surface area contributed by atoms with Crippen molar-refractivity contribution in [2.75, 3.05) is 19.8 Å². The fraction of sp³-hybridized carbons (Fsp3) is 0.727. The molecular formula is C11H21N3O2. The summed E-state index contributed by atoms with van der Waals surface area (Å²) in [5, 5.41) is 24.9. The van der Waals surface area contributed by atoms with Crippen LogP contribution in [-0.2, 0) is 13.1 Å². The number of rotatable bonds is 8. The average Bonchev–Trinajstić information content (AvgIpc) is 2.67. The molecule has 1 rings (SSSR count). The highest BCUT2D eigenvalue weighted by Crippen LogP contribution is 2.00. The van der Waals surface area contributed by atoms with E-state index >= 15 is 0 Å². The number of nitrogens with one attached hydrogen (secondary N) is 1. The molecule has 0 aromatic carbocycles. The SMILES string of the molecule is CC(CCO)CNCc1cnn(CCO)c1. The van der Waals surface area contributed by atoms with Gasteiger partial charge in [0.1, 0.15) is 0 Å². The van der Waals surface area contributed by atoms with Crippen LogP contribution < -0.4 is 5.32 Å². The van der Waals surface area contributed by atoms with E-state index < -0.39 is 0 Å². The van der Waals surface area contributed by atoms with Crippen LogP contribution in [0.5, 0.6) is 0 Å². The Morgan fingerprint density at radius 3 is 2.94 bits per heavy atom. The zero-order chi connectivity index (χ0) is 11.8. The van der Waals surface area contributed by atoms with Gasteiger partial charge in [0.2, 0.25) is 0 Å². The third-order valence-electron chi connectivity index (χ3n) is 2.46. The van der Waals surface area contributed by atoms with Crippen LogP contribution in [0, 0.1) is 5.92 Å². The third kappa shape index (κ3) is 4.74. The Hall–Kier alpha value is -0.910. The van der Waals surface area contributed by atoms with Gasteiger partial charge in [-0.25, -0.2) is 0 Å². The van der Waals surface area contributed by atoms with Gasteiger partial charge < -0.3 is 15.5 Å². The minimum Gasteiger partial charge on any atom is -0.396 e. The van der Waals surface area contributed by atoms with Gasteiger partial charge in [-0.1, -0.05) is 6.92 Å². The molecule has 1 atom stereocenters. The van der Waals surface area contributed by atoms with Gasteiger partial charge >= 0.3 is 0 Å². The molecular weight excluding hydrogens is 206 g/mol. The van der Waals surface area contributed by atoms with E-state index in [0.717, 1.165) is 25.1 Å². The largest absolute Gasteiger partial charge is 0.396 e. The number of hydrogen-bond donors (Lipinski definition) is 3. The average molecular weight is 227 g/mol. The van der Waals surface area contributed by atoms with Crippen molar-refractivity contribution in [1.82, 2.24) is 15.1 Å². The van der Waals surface area contributed by atoms with Crippen molar-refractivity contribution in [1.29, 1.82) is 0 Å². The topological polar surface area (TPSA) is 70.3 Å². The molecule has 0 radical (unpaired) electrons. The van der Waals surface area contributed by atoms with Crippen LogP contribution in [0.1, 0.15) is 18.9 Å². The Balaban J connectivity index is 2.21. The van der Waals surface area contributed by atoms with Crippen molar-refractivity contribution < 1.29 is 10.2 Å². The lowest BCUT2D eigenvalue weighted by atomic mass is 10.1. The van der Waals surface area contributed by atoms with E-state index in [9.17, 15) is 0 Å². The molecule has 0 fully saturated rings. The molecule has 5 heteroatoms. The van der Waals surface area contributed by atoms with E-state index in [-0.39, 0.29) is 13.2 Å². The predicted molar refractivity (Wildman–Crippen MR) is 61.9 cm³/mol. The lowest BCUT2D eigenvalue weighted by molar-refractivity contribution is 0.260. The molecule has 0 aliphatic heterocycles. The Morgan fingerprint density at radius 2 is 2.25 bits per heavy atom. The maximum Gasteiger partial charge on any atom is 0.0640 e. The highest BCUT2D eigenvalue weighted by atomic mass is 16.3. The zero-order valence-corrected chi connectivity index (χ0v) is 9.76. The van der Waals surface area contributed by atoms with Crippen molar-refractivity contribution in [3.8, 4) is 0 Å². The lowest BCUT2D eigenvalue weighted by Gasteiger charge is -2.09. The first-order valence-corrected chi connectivity index (χ1v) is 5.70. The van der Waals surface area contributed by atoms with E-state index in [0.29, 0.717) is 12.5 Å². The van der Waals surface area contributed by atoms with Crippen LogP contribution in [-0.4, -0.2) is 39.8 Å². The van der Waals surface area contributed by atoms with Gasteiger partial charge in [-0.3, -0.25) is 4.68 Å². The summed E-state index contributed by atoms with van der Waals surface area (Å²) in [5.41, 5.74) is 1.12.